The predicted octanol–water partition coefficient (Wildman–Crippen LogP) is 2.78. The summed E-state index contributed by atoms with van der Waals surface area (Å²) < 4.78 is 19.4. The van der Waals surface area contributed by atoms with Gasteiger partial charge < -0.3 is 10.5 Å². The minimum Gasteiger partial charge on any atom is -0.369 e. The molecule has 0 spiro atoms. The van der Waals surface area contributed by atoms with Crippen LogP contribution in [0.3, 0.4) is 0 Å². The average Bonchev–Trinajstić information content (AvgIpc) is 2.80. The summed E-state index contributed by atoms with van der Waals surface area (Å²) in [6.45, 7) is 0.331. The first-order valence-electron chi connectivity index (χ1n) is 5.91. The number of ether oxygens (including phenoxy) is 1. The fraction of sp³-hybridized carbons (Fsp3) is 0.538. The van der Waals surface area contributed by atoms with E-state index < -0.39 is 0 Å². The summed E-state index contributed by atoms with van der Waals surface area (Å²) in [4.78, 5) is 0. The van der Waals surface area contributed by atoms with Crippen molar-refractivity contribution in [3.63, 3.8) is 0 Å². The van der Waals surface area contributed by atoms with Gasteiger partial charge in [-0.15, -0.1) is 0 Å². The lowest BCUT2D eigenvalue weighted by atomic mass is 10.1. The maximum absolute atomic E-state index is 13.6. The van der Waals surface area contributed by atoms with Gasteiger partial charge in [0.25, 0.3) is 0 Å². The van der Waals surface area contributed by atoms with E-state index in [9.17, 15) is 4.39 Å². The Morgan fingerprint density at radius 2 is 2.00 bits per heavy atom. The average molecular weight is 223 g/mol. The molecule has 0 heterocycles. The third-order valence-electron chi connectivity index (χ3n) is 3.13. The van der Waals surface area contributed by atoms with Crippen LogP contribution in [0, 0.1) is 5.82 Å². The molecule has 2 rings (SSSR count). The fourth-order valence-electron chi connectivity index (χ4n) is 2.25. The topological polar surface area (TPSA) is 35.2 Å². The summed E-state index contributed by atoms with van der Waals surface area (Å²) in [6.07, 6.45) is 4.52. The minimum absolute atomic E-state index is 0.226. The first kappa shape index (κ1) is 11.6. The predicted molar refractivity (Wildman–Crippen MR) is 61.5 cm³/mol. The summed E-state index contributed by atoms with van der Waals surface area (Å²) in [5.41, 5.74) is 6.24. The fourth-order valence-corrected chi connectivity index (χ4v) is 2.25. The van der Waals surface area contributed by atoms with Crippen LogP contribution in [0.15, 0.2) is 24.3 Å². The second kappa shape index (κ2) is 5.41. The summed E-state index contributed by atoms with van der Waals surface area (Å²) in [6, 6.07) is 6.71. The molecule has 1 aliphatic carbocycles. The van der Waals surface area contributed by atoms with Crippen LogP contribution in [-0.4, -0.2) is 12.6 Å². The molecule has 0 saturated heterocycles. The second-order valence-electron chi connectivity index (χ2n) is 4.29. The summed E-state index contributed by atoms with van der Waals surface area (Å²) >= 11 is 0. The van der Waals surface area contributed by atoms with E-state index in [1.165, 1.54) is 18.9 Å². The monoisotopic (exact) mass is 223 g/mol. The minimum atomic E-state index is -0.302. The van der Waals surface area contributed by atoms with Crippen molar-refractivity contribution in [3.8, 4) is 0 Å². The highest BCUT2D eigenvalue weighted by Gasteiger charge is 2.22. The van der Waals surface area contributed by atoms with E-state index in [-0.39, 0.29) is 18.0 Å². The standard InChI is InChI=1S/C13H18FNO/c14-12-8-4-3-7-11(12)13(9-15)16-10-5-1-2-6-10/h3-4,7-8,10,13H,1-2,5-6,9,15H2. The Bertz CT molecular complexity index is 336. The van der Waals surface area contributed by atoms with E-state index in [0.717, 1.165) is 12.8 Å². The Labute approximate surface area is 95.6 Å². The Balaban J connectivity index is 2.06. The normalized spacial score (nSPS) is 18.9. The van der Waals surface area contributed by atoms with Gasteiger partial charge >= 0.3 is 0 Å². The third-order valence-corrected chi connectivity index (χ3v) is 3.13. The highest BCUT2D eigenvalue weighted by Crippen LogP contribution is 2.28. The molecule has 1 aromatic rings. The van der Waals surface area contributed by atoms with Gasteiger partial charge in [-0.1, -0.05) is 31.0 Å². The zero-order chi connectivity index (χ0) is 11.4. The van der Waals surface area contributed by atoms with Crippen LogP contribution in [0.25, 0.3) is 0 Å². The molecule has 1 fully saturated rings. The zero-order valence-electron chi connectivity index (χ0n) is 9.36. The number of benzene rings is 1. The Morgan fingerprint density at radius 1 is 1.31 bits per heavy atom. The third kappa shape index (κ3) is 2.60. The molecule has 1 aromatic carbocycles. The van der Waals surface area contributed by atoms with E-state index in [0.29, 0.717) is 12.1 Å². The molecule has 1 saturated carbocycles. The highest BCUT2D eigenvalue weighted by molar-refractivity contribution is 5.20. The lowest BCUT2D eigenvalue weighted by Gasteiger charge is -2.21. The van der Waals surface area contributed by atoms with Gasteiger partial charge in [0.1, 0.15) is 5.82 Å². The molecule has 16 heavy (non-hydrogen) atoms. The van der Waals surface area contributed by atoms with Crippen molar-refractivity contribution >= 4 is 0 Å². The van der Waals surface area contributed by atoms with Crippen molar-refractivity contribution in [2.45, 2.75) is 37.9 Å². The van der Waals surface area contributed by atoms with Crippen LogP contribution in [-0.2, 0) is 4.74 Å². The van der Waals surface area contributed by atoms with E-state index in [4.69, 9.17) is 10.5 Å². The summed E-state index contributed by atoms with van der Waals surface area (Å²) in [5.74, 6) is -0.226. The molecule has 1 aliphatic rings. The molecule has 1 unspecified atom stereocenters. The Hall–Kier alpha value is -0.930. The lowest BCUT2D eigenvalue weighted by molar-refractivity contribution is -0.00607. The Kier molecular flexibility index (Phi) is 3.91. The maximum atomic E-state index is 13.6. The second-order valence-corrected chi connectivity index (χ2v) is 4.29. The van der Waals surface area contributed by atoms with E-state index >= 15 is 0 Å². The molecule has 2 N–H and O–H groups in total. The molecular formula is C13H18FNO. The first-order valence-corrected chi connectivity index (χ1v) is 5.91. The van der Waals surface area contributed by atoms with Crippen molar-refractivity contribution in [2.75, 3.05) is 6.54 Å². The number of rotatable bonds is 4. The van der Waals surface area contributed by atoms with Gasteiger partial charge in [0, 0.05) is 12.1 Å². The SMILES string of the molecule is NCC(OC1CCCC1)c1ccccc1F. The van der Waals surface area contributed by atoms with Gasteiger partial charge in [-0.05, 0) is 18.9 Å². The van der Waals surface area contributed by atoms with Crippen molar-refractivity contribution in [2.24, 2.45) is 5.73 Å². The van der Waals surface area contributed by atoms with E-state index in [2.05, 4.69) is 0 Å². The van der Waals surface area contributed by atoms with Gasteiger partial charge in [0.2, 0.25) is 0 Å². The summed E-state index contributed by atoms with van der Waals surface area (Å²) in [7, 11) is 0. The van der Waals surface area contributed by atoms with Crippen LogP contribution >= 0.6 is 0 Å². The molecule has 0 bridgehead atoms. The van der Waals surface area contributed by atoms with Crippen LogP contribution in [0.1, 0.15) is 37.4 Å². The number of halogens is 1. The zero-order valence-corrected chi connectivity index (χ0v) is 9.36. The van der Waals surface area contributed by atoms with Gasteiger partial charge in [0.05, 0.1) is 12.2 Å². The molecule has 0 amide bonds. The first-order chi connectivity index (χ1) is 7.81. The number of nitrogens with two attached hydrogens (primary N) is 1. The van der Waals surface area contributed by atoms with E-state index in [1.807, 2.05) is 6.07 Å². The smallest absolute Gasteiger partial charge is 0.129 e. The Morgan fingerprint density at radius 3 is 2.62 bits per heavy atom. The molecule has 88 valence electrons. The molecule has 0 aromatic heterocycles. The van der Waals surface area contributed by atoms with Crippen molar-refractivity contribution in [1.82, 2.24) is 0 Å². The molecule has 1 atom stereocenters. The van der Waals surface area contributed by atoms with Crippen molar-refractivity contribution in [3.05, 3.63) is 35.6 Å². The maximum Gasteiger partial charge on any atom is 0.129 e. The van der Waals surface area contributed by atoms with Gasteiger partial charge in [-0.2, -0.15) is 0 Å². The number of hydrogen-bond acceptors (Lipinski definition) is 2. The molecule has 0 aliphatic heterocycles. The molecule has 3 heteroatoms. The van der Waals surface area contributed by atoms with Gasteiger partial charge in [-0.25, -0.2) is 4.39 Å². The van der Waals surface area contributed by atoms with Crippen LogP contribution < -0.4 is 5.73 Å². The van der Waals surface area contributed by atoms with Crippen LogP contribution in [0.5, 0.6) is 0 Å². The quantitative estimate of drug-likeness (QED) is 0.851. The molecule has 0 radical (unpaired) electrons. The van der Waals surface area contributed by atoms with Gasteiger partial charge in [-0.3, -0.25) is 0 Å². The largest absolute Gasteiger partial charge is 0.369 e. The van der Waals surface area contributed by atoms with Crippen molar-refractivity contribution < 1.29 is 9.13 Å². The van der Waals surface area contributed by atoms with E-state index in [1.54, 1.807) is 12.1 Å². The summed E-state index contributed by atoms with van der Waals surface area (Å²) in [5, 5.41) is 0. The molecule has 2 nitrogen and oxygen atoms in total. The molecular weight excluding hydrogens is 205 g/mol. The van der Waals surface area contributed by atoms with Gasteiger partial charge in [0.15, 0.2) is 0 Å². The van der Waals surface area contributed by atoms with Crippen LogP contribution in [0.4, 0.5) is 4.39 Å². The lowest BCUT2D eigenvalue weighted by Crippen LogP contribution is -2.21. The highest BCUT2D eigenvalue weighted by atomic mass is 19.1. The van der Waals surface area contributed by atoms with Crippen molar-refractivity contribution in [1.29, 1.82) is 0 Å². The number of hydrogen-bond donors (Lipinski definition) is 1. The van der Waals surface area contributed by atoms with Crippen LogP contribution in [0.2, 0.25) is 0 Å².